The molecule has 0 radical (unpaired) electrons. The Morgan fingerprint density at radius 3 is 2.19 bits per heavy atom. The minimum absolute atomic E-state index is 0.445. The number of piperidine rings is 1. The molecule has 4 unspecified atom stereocenters. The second kappa shape index (κ2) is 5.05. The highest BCUT2D eigenvalue weighted by molar-refractivity contribution is 4.91. The normalized spacial score (nSPS) is 46.9. The highest BCUT2D eigenvalue weighted by atomic mass is 15.2. The maximum atomic E-state index is 6.06. The molecule has 1 heterocycles. The van der Waals surface area contributed by atoms with Crippen LogP contribution in [0.1, 0.15) is 52.9 Å². The van der Waals surface area contributed by atoms with E-state index in [1.165, 1.54) is 38.6 Å². The summed E-state index contributed by atoms with van der Waals surface area (Å²) in [5.41, 5.74) is 6.06. The Morgan fingerprint density at radius 1 is 1.00 bits per heavy atom. The number of hydrogen-bond acceptors (Lipinski definition) is 2. The Morgan fingerprint density at radius 2 is 1.62 bits per heavy atom. The van der Waals surface area contributed by atoms with Crippen LogP contribution in [0.15, 0.2) is 0 Å². The molecular weight excluding hydrogens is 196 g/mol. The third-order valence-corrected chi connectivity index (χ3v) is 4.84. The van der Waals surface area contributed by atoms with E-state index < -0.39 is 0 Å². The summed E-state index contributed by atoms with van der Waals surface area (Å²) in [5, 5.41) is 0. The minimum atomic E-state index is 0.445. The van der Waals surface area contributed by atoms with Crippen molar-refractivity contribution in [2.24, 2.45) is 17.6 Å². The lowest BCUT2D eigenvalue weighted by atomic mass is 9.76. The second-order valence-electron chi connectivity index (χ2n) is 6.25. The van der Waals surface area contributed by atoms with Crippen LogP contribution in [0.25, 0.3) is 0 Å². The fourth-order valence-electron chi connectivity index (χ4n) is 3.99. The van der Waals surface area contributed by atoms with Gasteiger partial charge in [-0.05, 0) is 44.4 Å². The summed E-state index contributed by atoms with van der Waals surface area (Å²) in [6.45, 7) is 8.48. The third-order valence-electron chi connectivity index (χ3n) is 4.84. The summed E-state index contributed by atoms with van der Waals surface area (Å²) in [4.78, 5) is 2.76. The fourth-order valence-corrected chi connectivity index (χ4v) is 3.99. The lowest BCUT2D eigenvalue weighted by Gasteiger charge is -2.48. The highest BCUT2D eigenvalue weighted by Gasteiger charge is 2.36. The van der Waals surface area contributed by atoms with Crippen molar-refractivity contribution in [1.82, 2.24) is 4.90 Å². The Hall–Kier alpha value is -0.0800. The van der Waals surface area contributed by atoms with E-state index in [1.807, 2.05) is 0 Å². The van der Waals surface area contributed by atoms with Crippen molar-refractivity contribution in [1.29, 1.82) is 0 Å². The second-order valence-corrected chi connectivity index (χ2v) is 6.25. The van der Waals surface area contributed by atoms with Gasteiger partial charge in [0.05, 0.1) is 0 Å². The van der Waals surface area contributed by atoms with E-state index in [0.717, 1.165) is 17.9 Å². The van der Waals surface area contributed by atoms with E-state index in [-0.39, 0.29) is 0 Å². The standard InChI is InChI=1S/C14H28N2/c1-10-5-4-6-11(2)14(10)16-8-7-13(15)9-12(16)3/h10-14H,4-9,15H2,1-3H3. The molecule has 2 rings (SSSR count). The summed E-state index contributed by atoms with van der Waals surface area (Å²) in [7, 11) is 0. The van der Waals surface area contributed by atoms with Crippen LogP contribution < -0.4 is 5.73 Å². The lowest BCUT2D eigenvalue weighted by Crippen LogP contribution is -2.55. The molecule has 0 spiro atoms. The van der Waals surface area contributed by atoms with Gasteiger partial charge in [-0.3, -0.25) is 4.90 Å². The summed E-state index contributed by atoms with van der Waals surface area (Å²) in [6.07, 6.45) is 6.66. The molecule has 2 heteroatoms. The Balaban J connectivity index is 2.04. The molecule has 0 aromatic rings. The van der Waals surface area contributed by atoms with Gasteiger partial charge in [0.2, 0.25) is 0 Å². The largest absolute Gasteiger partial charge is 0.328 e. The molecule has 94 valence electrons. The molecule has 1 aliphatic carbocycles. The molecule has 4 atom stereocenters. The van der Waals surface area contributed by atoms with Gasteiger partial charge in [0, 0.05) is 24.7 Å². The zero-order chi connectivity index (χ0) is 11.7. The van der Waals surface area contributed by atoms with Gasteiger partial charge in [0.1, 0.15) is 0 Å². The van der Waals surface area contributed by atoms with Gasteiger partial charge >= 0.3 is 0 Å². The van der Waals surface area contributed by atoms with Crippen LogP contribution in [0.4, 0.5) is 0 Å². The zero-order valence-electron chi connectivity index (χ0n) is 11.2. The van der Waals surface area contributed by atoms with Crippen LogP contribution in [0.3, 0.4) is 0 Å². The number of hydrogen-bond donors (Lipinski definition) is 1. The molecule has 2 nitrogen and oxygen atoms in total. The van der Waals surface area contributed by atoms with E-state index >= 15 is 0 Å². The number of nitrogens with zero attached hydrogens (tertiary/aromatic N) is 1. The van der Waals surface area contributed by atoms with Crippen LogP contribution in [-0.2, 0) is 0 Å². The average Bonchev–Trinajstić information content (AvgIpc) is 2.20. The van der Waals surface area contributed by atoms with Crippen LogP contribution in [0.2, 0.25) is 0 Å². The molecule has 2 N–H and O–H groups in total. The first kappa shape index (κ1) is 12.4. The van der Waals surface area contributed by atoms with Crippen molar-refractivity contribution >= 4 is 0 Å². The van der Waals surface area contributed by atoms with E-state index in [1.54, 1.807) is 0 Å². The molecule has 1 saturated carbocycles. The number of rotatable bonds is 1. The molecule has 2 fully saturated rings. The van der Waals surface area contributed by atoms with Crippen molar-refractivity contribution in [3.8, 4) is 0 Å². The molecule has 2 aliphatic rings. The topological polar surface area (TPSA) is 29.3 Å². The van der Waals surface area contributed by atoms with E-state index in [4.69, 9.17) is 5.73 Å². The molecule has 0 amide bonds. The van der Waals surface area contributed by atoms with Crippen LogP contribution in [0.5, 0.6) is 0 Å². The quantitative estimate of drug-likeness (QED) is 0.742. The molecule has 1 saturated heterocycles. The molecule has 1 aliphatic heterocycles. The van der Waals surface area contributed by atoms with Gasteiger partial charge in [-0.15, -0.1) is 0 Å². The van der Waals surface area contributed by atoms with E-state index in [0.29, 0.717) is 12.1 Å². The van der Waals surface area contributed by atoms with Gasteiger partial charge in [-0.2, -0.15) is 0 Å². The maximum absolute atomic E-state index is 6.06. The van der Waals surface area contributed by atoms with Gasteiger partial charge in [0.25, 0.3) is 0 Å². The van der Waals surface area contributed by atoms with Crippen LogP contribution >= 0.6 is 0 Å². The highest BCUT2D eigenvalue weighted by Crippen LogP contribution is 2.35. The summed E-state index contributed by atoms with van der Waals surface area (Å²) in [6, 6.07) is 1.95. The summed E-state index contributed by atoms with van der Waals surface area (Å²) >= 11 is 0. The first-order chi connectivity index (χ1) is 7.59. The third kappa shape index (κ3) is 2.43. The molecule has 0 bridgehead atoms. The Bertz CT molecular complexity index is 219. The Kier molecular flexibility index (Phi) is 3.91. The molecule has 0 aromatic carbocycles. The summed E-state index contributed by atoms with van der Waals surface area (Å²) in [5.74, 6) is 1.75. The molecule has 16 heavy (non-hydrogen) atoms. The smallest absolute Gasteiger partial charge is 0.0149 e. The SMILES string of the molecule is CC1CCCC(C)C1N1CCC(N)CC1C. The van der Waals surface area contributed by atoms with Crippen molar-refractivity contribution in [3.63, 3.8) is 0 Å². The van der Waals surface area contributed by atoms with Crippen molar-refractivity contribution in [2.75, 3.05) is 6.54 Å². The predicted octanol–water partition coefficient (Wildman–Crippen LogP) is 2.62. The predicted molar refractivity (Wildman–Crippen MR) is 69.3 cm³/mol. The van der Waals surface area contributed by atoms with Crippen molar-refractivity contribution < 1.29 is 0 Å². The lowest BCUT2D eigenvalue weighted by molar-refractivity contribution is 0.0159. The fraction of sp³-hybridized carbons (Fsp3) is 1.00. The molecule has 0 aromatic heterocycles. The maximum Gasteiger partial charge on any atom is 0.0149 e. The van der Waals surface area contributed by atoms with Gasteiger partial charge in [0.15, 0.2) is 0 Å². The van der Waals surface area contributed by atoms with Gasteiger partial charge < -0.3 is 5.73 Å². The average molecular weight is 224 g/mol. The zero-order valence-corrected chi connectivity index (χ0v) is 11.2. The number of likely N-dealkylation sites (tertiary alicyclic amines) is 1. The van der Waals surface area contributed by atoms with Crippen molar-refractivity contribution in [3.05, 3.63) is 0 Å². The molecular formula is C14H28N2. The number of nitrogens with two attached hydrogens (primary N) is 1. The van der Waals surface area contributed by atoms with Crippen LogP contribution in [0, 0.1) is 11.8 Å². The minimum Gasteiger partial charge on any atom is -0.328 e. The van der Waals surface area contributed by atoms with Gasteiger partial charge in [-0.1, -0.05) is 20.3 Å². The first-order valence-corrected chi connectivity index (χ1v) is 7.11. The van der Waals surface area contributed by atoms with E-state index in [9.17, 15) is 0 Å². The van der Waals surface area contributed by atoms with Crippen molar-refractivity contribution in [2.45, 2.75) is 71.0 Å². The van der Waals surface area contributed by atoms with Crippen LogP contribution in [-0.4, -0.2) is 29.6 Å². The monoisotopic (exact) mass is 224 g/mol. The first-order valence-electron chi connectivity index (χ1n) is 7.11. The van der Waals surface area contributed by atoms with Gasteiger partial charge in [-0.25, -0.2) is 0 Å². The van der Waals surface area contributed by atoms with E-state index in [2.05, 4.69) is 25.7 Å². The Labute approximate surface area is 101 Å². The summed E-state index contributed by atoms with van der Waals surface area (Å²) < 4.78 is 0.